The summed E-state index contributed by atoms with van der Waals surface area (Å²) in [5, 5.41) is 6.55. The van der Waals surface area contributed by atoms with Gasteiger partial charge in [0, 0.05) is 17.3 Å². The van der Waals surface area contributed by atoms with Crippen LogP contribution < -0.4 is 10.6 Å². The first-order valence-corrected chi connectivity index (χ1v) is 8.11. The second kappa shape index (κ2) is 8.61. The van der Waals surface area contributed by atoms with Crippen molar-refractivity contribution in [2.45, 2.75) is 13.3 Å². The number of aromatic nitrogens is 2. The van der Waals surface area contributed by atoms with Gasteiger partial charge in [-0.15, -0.1) is 0 Å². The van der Waals surface area contributed by atoms with Crippen molar-refractivity contribution in [3.8, 4) is 0 Å². The quantitative estimate of drug-likeness (QED) is 0.753. The molecule has 128 valence electrons. The van der Waals surface area contributed by atoms with E-state index in [1.807, 2.05) is 27.1 Å². The van der Waals surface area contributed by atoms with Gasteiger partial charge in [-0.3, -0.25) is 4.79 Å². The fraction of sp³-hybridized carbons (Fsp3) is 0.353. The highest BCUT2D eigenvalue weighted by molar-refractivity contribution is 6.31. The third-order valence-electron chi connectivity index (χ3n) is 3.42. The van der Waals surface area contributed by atoms with Crippen molar-refractivity contribution in [3.63, 3.8) is 0 Å². The van der Waals surface area contributed by atoms with Gasteiger partial charge in [-0.1, -0.05) is 17.7 Å². The van der Waals surface area contributed by atoms with E-state index in [0.29, 0.717) is 16.5 Å². The molecule has 6 nitrogen and oxygen atoms in total. The van der Waals surface area contributed by atoms with E-state index >= 15 is 0 Å². The Morgan fingerprint density at radius 1 is 1.25 bits per heavy atom. The summed E-state index contributed by atoms with van der Waals surface area (Å²) in [7, 11) is 4.07. The molecule has 1 amide bonds. The van der Waals surface area contributed by atoms with Gasteiger partial charge in [0.05, 0.1) is 12.4 Å². The summed E-state index contributed by atoms with van der Waals surface area (Å²) in [5.74, 6) is 0.344. The number of hydrogen-bond donors (Lipinski definition) is 2. The minimum atomic E-state index is -0.313. The number of anilines is 2. The molecule has 0 aliphatic heterocycles. The predicted molar refractivity (Wildman–Crippen MR) is 97.8 cm³/mol. The number of amides is 1. The third-order valence-corrected chi connectivity index (χ3v) is 3.66. The fourth-order valence-corrected chi connectivity index (χ4v) is 2.24. The van der Waals surface area contributed by atoms with Crippen LogP contribution in [0.3, 0.4) is 0 Å². The van der Waals surface area contributed by atoms with E-state index in [0.717, 1.165) is 25.1 Å². The van der Waals surface area contributed by atoms with Crippen LogP contribution in [0.25, 0.3) is 0 Å². The third kappa shape index (κ3) is 5.47. The topological polar surface area (TPSA) is 70.2 Å². The summed E-state index contributed by atoms with van der Waals surface area (Å²) in [6, 6.07) is 5.34. The maximum atomic E-state index is 12.2. The lowest BCUT2D eigenvalue weighted by Gasteiger charge is -2.10. The highest BCUT2D eigenvalue weighted by Gasteiger charge is 2.10. The first kappa shape index (κ1) is 18.2. The molecule has 0 radical (unpaired) electrons. The molecule has 0 bridgehead atoms. The average Bonchev–Trinajstić information content (AvgIpc) is 2.55. The number of hydrogen-bond acceptors (Lipinski definition) is 5. The zero-order chi connectivity index (χ0) is 17.5. The Labute approximate surface area is 147 Å². The van der Waals surface area contributed by atoms with E-state index in [-0.39, 0.29) is 11.6 Å². The van der Waals surface area contributed by atoms with Crippen molar-refractivity contribution in [3.05, 3.63) is 46.9 Å². The molecule has 0 saturated carbocycles. The molecule has 0 aliphatic carbocycles. The van der Waals surface area contributed by atoms with Crippen molar-refractivity contribution in [1.29, 1.82) is 0 Å². The summed E-state index contributed by atoms with van der Waals surface area (Å²) in [6.07, 6.45) is 4.03. The molecule has 0 atom stereocenters. The average molecular weight is 348 g/mol. The number of halogens is 1. The lowest BCUT2D eigenvalue weighted by Crippen LogP contribution is -2.17. The molecular weight excluding hydrogens is 326 g/mol. The lowest BCUT2D eigenvalue weighted by atomic mass is 10.2. The van der Waals surface area contributed by atoms with Gasteiger partial charge in [0.15, 0.2) is 0 Å². The van der Waals surface area contributed by atoms with Crippen LogP contribution in [-0.4, -0.2) is 48.0 Å². The van der Waals surface area contributed by atoms with Crippen LogP contribution in [0.15, 0.2) is 30.6 Å². The Morgan fingerprint density at radius 2 is 2.04 bits per heavy atom. The van der Waals surface area contributed by atoms with Gasteiger partial charge in [-0.05, 0) is 51.7 Å². The van der Waals surface area contributed by atoms with Crippen molar-refractivity contribution < 1.29 is 4.79 Å². The number of aryl methyl sites for hydroxylation is 1. The molecular formula is C17H22ClN5O. The van der Waals surface area contributed by atoms with E-state index in [4.69, 9.17) is 11.6 Å². The number of benzene rings is 1. The van der Waals surface area contributed by atoms with Gasteiger partial charge in [0.1, 0.15) is 11.5 Å². The van der Waals surface area contributed by atoms with Gasteiger partial charge in [-0.25, -0.2) is 9.97 Å². The van der Waals surface area contributed by atoms with Crippen molar-refractivity contribution in [2.24, 2.45) is 0 Å². The number of carbonyl (C=O) groups is 1. The summed E-state index contributed by atoms with van der Waals surface area (Å²) < 4.78 is 0. The van der Waals surface area contributed by atoms with Gasteiger partial charge in [0.2, 0.25) is 0 Å². The van der Waals surface area contributed by atoms with E-state index < -0.39 is 0 Å². The van der Waals surface area contributed by atoms with Gasteiger partial charge in [-0.2, -0.15) is 0 Å². The molecule has 7 heteroatoms. The van der Waals surface area contributed by atoms with Crippen LogP contribution in [0.2, 0.25) is 5.02 Å². The standard InChI is InChI=1S/C17H22ClN5O/c1-12-5-6-13(18)9-14(12)22-17(24)15-10-21-16(11-20-15)19-7-4-8-23(2)3/h5-6,9-11H,4,7-8H2,1-3H3,(H,19,21)(H,22,24). The molecule has 2 aromatic rings. The zero-order valence-corrected chi connectivity index (χ0v) is 14.9. The SMILES string of the molecule is Cc1ccc(Cl)cc1NC(=O)c1cnc(NCCCN(C)C)cn1. The summed E-state index contributed by atoms with van der Waals surface area (Å²) >= 11 is 5.96. The molecule has 1 aromatic carbocycles. The minimum absolute atomic E-state index is 0.258. The highest BCUT2D eigenvalue weighted by Crippen LogP contribution is 2.20. The summed E-state index contributed by atoms with van der Waals surface area (Å²) in [6.45, 7) is 3.71. The number of carbonyl (C=O) groups excluding carboxylic acids is 1. The monoisotopic (exact) mass is 347 g/mol. The number of nitrogens with zero attached hydrogens (tertiary/aromatic N) is 3. The van der Waals surface area contributed by atoms with Crippen molar-refractivity contribution in [1.82, 2.24) is 14.9 Å². The Bertz CT molecular complexity index is 688. The smallest absolute Gasteiger partial charge is 0.275 e. The Kier molecular flexibility index (Phi) is 6.52. The fourth-order valence-electron chi connectivity index (χ4n) is 2.06. The molecule has 2 rings (SSSR count). The first-order chi connectivity index (χ1) is 11.5. The molecule has 0 saturated heterocycles. The molecule has 24 heavy (non-hydrogen) atoms. The summed E-state index contributed by atoms with van der Waals surface area (Å²) in [4.78, 5) is 22.7. The van der Waals surface area contributed by atoms with E-state index in [9.17, 15) is 4.79 Å². The van der Waals surface area contributed by atoms with Gasteiger partial charge >= 0.3 is 0 Å². The zero-order valence-electron chi connectivity index (χ0n) is 14.1. The van der Waals surface area contributed by atoms with E-state index in [1.54, 1.807) is 18.3 Å². The van der Waals surface area contributed by atoms with Gasteiger partial charge in [0.25, 0.3) is 5.91 Å². The number of nitrogens with one attached hydrogen (secondary N) is 2. The minimum Gasteiger partial charge on any atom is -0.369 e. The predicted octanol–water partition coefficient (Wildman–Crippen LogP) is 3.05. The molecule has 1 heterocycles. The van der Waals surface area contributed by atoms with E-state index in [1.165, 1.54) is 6.20 Å². The molecule has 0 spiro atoms. The van der Waals surface area contributed by atoms with E-state index in [2.05, 4.69) is 25.5 Å². The van der Waals surface area contributed by atoms with Crippen LogP contribution in [0, 0.1) is 6.92 Å². The second-order valence-electron chi connectivity index (χ2n) is 5.78. The molecule has 1 aromatic heterocycles. The largest absolute Gasteiger partial charge is 0.369 e. The normalized spacial score (nSPS) is 10.7. The first-order valence-electron chi connectivity index (χ1n) is 7.74. The molecule has 0 fully saturated rings. The molecule has 2 N–H and O–H groups in total. The van der Waals surface area contributed by atoms with Crippen LogP contribution in [-0.2, 0) is 0 Å². The van der Waals surface area contributed by atoms with Crippen molar-refractivity contribution >= 4 is 29.0 Å². The van der Waals surface area contributed by atoms with Crippen molar-refractivity contribution in [2.75, 3.05) is 37.8 Å². The summed E-state index contributed by atoms with van der Waals surface area (Å²) in [5.41, 5.74) is 1.85. The Morgan fingerprint density at radius 3 is 2.71 bits per heavy atom. The Balaban J connectivity index is 1.92. The van der Waals surface area contributed by atoms with Crippen LogP contribution in [0.5, 0.6) is 0 Å². The van der Waals surface area contributed by atoms with Crippen LogP contribution in [0.4, 0.5) is 11.5 Å². The molecule has 0 unspecified atom stereocenters. The number of rotatable bonds is 7. The second-order valence-corrected chi connectivity index (χ2v) is 6.22. The lowest BCUT2D eigenvalue weighted by molar-refractivity contribution is 0.102. The molecule has 0 aliphatic rings. The maximum Gasteiger partial charge on any atom is 0.275 e. The maximum absolute atomic E-state index is 12.2. The highest BCUT2D eigenvalue weighted by atomic mass is 35.5. The Hall–Kier alpha value is -2.18. The van der Waals surface area contributed by atoms with Crippen LogP contribution in [0.1, 0.15) is 22.5 Å². The van der Waals surface area contributed by atoms with Crippen LogP contribution >= 0.6 is 11.6 Å². The van der Waals surface area contributed by atoms with Gasteiger partial charge < -0.3 is 15.5 Å².